The van der Waals surface area contributed by atoms with E-state index in [-0.39, 0.29) is 0 Å². The molecule has 2 rings (SSSR count). The Hall–Kier alpha value is -1.22. The Kier molecular flexibility index (Phi) is 3.89. The van der Waals surface area contributed by atoms with Gasteiger partial charge in [-0.3, -0.25) is 0 Å². The van der Waals surface area contributed by atoms with Crippen molar-refractivity contribution in [2.24, 2.45) is 0 Å². The van der Waals surface area contributed by atoms with Crippen LogP contribution < -0.4 is 14.8 Å². The fraction of sp³-hybridized carbons (Fsp3) is 0.571. The molecule has 1 aromatic carbocycles. The molecule has 3 heteroatoms. The van der Waals surface area contributed by atoms with Gasteiger partial charge in [0.1, 0.15) is 0 Å². The second-order valence-electron chi connectivity index (χ2n) is 4.52. The first kappa shape index (κ1) is 12.2. The molecule has 1 N–H and O–H groups in total. The van der Waals surface area contributed by atoms with Crippen LogP contribution in [0.25, 0.3) is 0 Å². The molecule has 1 aliphatic rings. The summed E-state index contributed by atoms with van der Waals surface area (Å²) in [5, 5.41) is 3.57. The molecule has 94 valence electrons. The van der Waals surface area contributed by atoms with Crippen molar-refractivity contribution in [3.05, 3.63) is 23.3 Å². The normalized spacial score (nSPS) is 20.1. The zero-order valence-corrected chi connectivity index (χ0v) is 10.9. The summed E-state index contributed by atoms with van der Waals surface area (Å²) in [6.45, 7) is 3.21. The van der Waals surface area contributed by atoms with Gasteiger partial charge in [-0.2, -0.15) is 0 Å². The number of ether oxygens (including phenoxy) is 2. The Balaban J connectivity index is 2.34. The molecule has 1 fully saturated rings. The van der Waals surface area contributed by atoms with Gasteiger partial charge in [-0.1, -0.05) is 12.5 Å². The lowest BCUT2D eigenvalue weighted by molar-refractivity contribution is 0.349. The smallest absolute Gasteiger partial charge is 0.163 e. The second-order valence-corrected chi connectivity index (χ2v) is 4.52. The summed E-state index contributed by atoms with van der Waals surface area (Å²) in [6.07, 6.45) is 3.78. The molecule has 0 aromatic heterocycles. The molecule has 1 aliphatic heterocycles. The summed E-state index contributed by atoms with van der Waals surface area (Å²) < 4.78 is 10.8. The molecule has 0 spiro atoms. The topological polar surface area (TPSA) is 30.5 Å². The number of methoxy groups -OCH3 is 2. The van der Waals surface area contributed by atoms with Gasteiger partial charge in [-0.15, -0.1) is 0 Å². The van der Waals surface area contributed by atoms with Gasteiger partial charge >= 0.3 is 0 Å². The maximum absolute atomic E-state index is 5.45. The lowest BCUT2D eigenvalue weighted by atomic mass is 9.93. The van der Waals surface area contributed by atoms with Crippen molar-refractivity contribution >= 4 is 0 Å². The van der Waals surface area contributed by atoms with Crippen LogP contribution in [0.3, 0.4) is 0 Å². The lowest BCUT2D eigenvalue weighted by Crippen LogP contribution is -2.27. The van der Waals surface area contributed by atoms with Crippen LogP contribution in [0.4, 0.5) is 0 Å². The van der Waals surface area contributed by atoms with Gasteiger partial charge in [0.15, 0.2) is 11.5 Å². The maximum atomic E-state index is 5.45. The van der Waals surface area contributed by atoms with Gasteiger partial charge in [0.05, 0.1) is 14.2 Å². The van der Waals surface area contributed by atoms with Crippen molar-refractivity contribution in [1.82, 2.24) is 5.32 Å². The van der Waals surface area contributed by atoms with E-state index in [9.17, 15) is 0 Å². The van der Waals surface area contributed by atoms with Crippen LogP contribution in [-0.4, -0.2) is 20.8 Å². The summed E-state index contributed by atoms with van der Waals surface area (Å²) in [7, 11) is 3.37. The third-order valence-corrected chi connectivity index (χ3v) is 3.52. The number of piperidine rings is 1. The number of rotatable bonds is 3. The van der Waals surface area contributed by atoms with E-state index in [1.54, 1.807) is 14.2 Å². The molecular formula is C14H21NO2. The molecule has 17 heavy (non-hydrogen) atoms. The van der Waals surface area contributed by atoms with Gasteiger partial charge in [0.2, 0.25) is 0 Å². The molecule has 0 bridgehead atoms. The van der Waals surface area contributed by atoms with Crippen LogP contribution in [0, 0.1) is 6.92 Å². The Morgan fingerprint density at radius 3 is 2.59 bits per heavy atom. The first-order valence-corrected chi connectivity index (χ1v) is 6.22. The molecule has 1 aromatic rings. The highest BCUT2D eigenvalue weighted by Gasteiger charge is 2.20. The first-order valence-electron chi connectivity index (χ1n) is 6.22. The van der Waals surface area contributed by atoms with E-state index in [4.69, 9.17) is 9.47 Å². The quantitative estimate of drug-likeness (QED) is 0.874. The molecule has 1 unspecified atom stereocenters. The Bertz CT molecular complexity index is 384. The largest absolute Gasteiger partial charge is 0.493 e. The van der Waals surface area contributed by atoms with Crippen LogP contribution in [0.2, 0.25) is 0 Å². The first-order chi connectivity index (χ1) is 8.27. The molecule has 0 aliphatic carbocycles. The van der Waals surface area contributed by atoms with E-state index in [1.165, 1.54) is 30.4 Å². The summed E-state index contributed by atoms with van der Waals surface area (Å²) in [4.78, 5) is 0. The molecule has 0 amide bonds. The molecule has 1 saturated heterocycles. The zero-order chi connectivity index (χ0) is 12.3. The van der Waals surface area contributed by atoms with Gasteiger partial charge in [0.25, 0.3) is 0 Å². The van der Waals surface area contributed by atoms with Crippen molar-refractivity contribution in [1.29, 1.82) is 0 Å². The molecule has 3 nitrogen and oxygen atoms in total. The fourth-order valence-corrected chi connectivity index (χ4v) is 2.59. The highest BCUT2D eigenvalue weighted by atomic mass is 16.5. The van der Waals surface area contributed by atoms with Gasteiger partial charge in [-0.25, -0.2) is 0 Å². The summed E-state index contributed by atoms with van der Waals surface area (Å²) >= 11 is 0. The highest BCUT2D eigenvalue weighted by molar-refractivity contribution is 5.51. The van der Waals surface area contributed by atoms with Gasteiger partial charge in [0, 0.05) is 6.04 Å². The molecular weight excluding hydrogens is 214 g/mol. The van der Waals surface area contributed by atoms with Crippen LogP contribution in [0.15, 0.2) is 12.1 Å². The third kappa shape index (κ3) is 2.39. The van der Waals surface area contributed by atoms with Gasteiger partial charge in [-0.05, 0) is 43.5 Å². The maximum Gasteiger partial charge on any atom is 0.163 e. The predicted molar refractivity (Wildman–Crippen MR) is 68.9 cm³/mol. The van der Waals surface area contributed by atoms with E-state index >= 15 is 0 Å². The fourth-order valence-electron chi connectivity index (χ4n) is 2.59. The Labute approximate surface area is 103 Å². The van der Waals surface area contributed by atoms with Crippen molar-refractivity contribution < 1.29 is 9.47 Å². The van der Waals surface area contributed by atoms with Crippen LogP contribution in [0.5, 0.6) is 11.5 Å². The number of hydrogen-bond acceptors (Lipinski definition) is 3. The van der Waals surface area contributed by atoms with Crippen molar-refractivity contribution in [2.45, 2.75) is 32.2 Å². The monoisotopic (exact) mass is 235 g/mol. The second kappa shape index (κ2) is 5.41. The van der Waals surface area contributed by atoms with Crippen LogP contribution >= 0.6 is 0 Å². The number of benzene rings is 1. The summed E-state index contributed by atoms with van der Waals surface area (Å²) in [5.74, 6) is 1.67. The summed E-state index contributed by atoms with van der Waals surface area (Å²) in [5.41, 5.74) is 2.52. The standard InChI is InChI=1S/C14H21NO2/c1-10-11(12-6-4-5-9-15-12)7-8-13(16-2)14(10)17-3/h7-8,12,15H,4-6,9H2,1-3H3. The number of nitrogens with one attached hydrogen (secondary N) is 1. The molecule has 1 heterocycles. The SMILES string of the molecule is COc1ccc(C2CCCCN2)c(C)c1OC. The van der Waals surface area contributed by atoms with E-state index < -0.39 is 0 Å². The average Bonchev–Trinajstić information content (AvgIpc) is 2.39. The number of hydrogen-bond donors (Lipinski definition) is 1. The van der Waals surface area contributed by atoms with Crippen LogP contribution in [0.1, 0.15) is 36.4 Å². The van der Waals surface area contributed by atoms with Crippen molar-refractivity contribution in [2.75, 3.05) is 20.8 Å². The predicted octanol–water partition coefficient (Wildman–Crippen LogP) is 2.83. The van der Waals surface area contributed by atoms with E-state index in [0.717, 1.165) is 18.0 Å². The minimum atomic E-state index is 0.462. The van der Waals surface area contributed by atoms with Crippen molar-refractivity contribution in [3.8, 4) is 11.5 Å². The van der Waals surface area contributed by atoms with E-state index in [0.29, 0.717) is 6.04 Å². The van der Waals surface area contributed by atoms with Gasteiger partial charge < -0.3 is 14.8 Å². The van der Waals surface area contributed by atoms with Crippen molar-refractivity contribution in [3.63, 3.8) is 0 Å². The average molecular weight is 235 g/mol. The summed E-state index contributed by atoms with van der Waals surface area (Å²) in [6, 6.07) is 4.61. The van der Waals surface area contributed by atoms with Crippen LogP contribution in [-0.2, 0) is 0 Å². The van der Waals surface area contributed by atoms with E-state index in [2.05, 4.69) is 18.3 Å². The molecule has 0 saturated carbocycles. The third-order valence-electron chi connectivity index (χ3n) is 3.52. The minimum absolute atomic E-state index is 0.462. The molecule has 1 atom stereocenters. The molecule has 0 radical (unpaired) electrons. The Morgan fingerprint density at radius 1 is 1.18 bits per heavy atom. The highest BCUT2D eigenvalue weighted by Crippen LogP contribution is 2.36. The zero-order valence-electron chi connectivity index (χ0n) is 10.9. The lowest BCUT2D eigenvalue weighted by Gasteiger charge is -2.26. The Morgan fingerprint density at radius 2 is 2.00 bits per heavy atom. The van der Waals surface area contributed by atoms with E-state index in [1.807, 2.05) is 6.07 Å². The minimum Gasteiger partial charge on any atom is -0.493 e.